The molecule has 0 aliphatic heterocycles. The van der Waals surface area contributed by atoms with Crippen molar-refractivity contribution in [3.63, 3.8) is 0 Å². The van der Waals surface area contributed by atoms with Gasteiger partial charge in [0.15, 0.2) is 0 Å². The number of aliphatic carboxylic acids is 1. The van der Waals surface area contributed by atoms with E-state index in [9.17, 15) is 9.90 Å². The van der Waals surface area contributed by atoms with Crippen molar-refractivity contribution in [3.8, 4) is 5.75 Å². The van der Waals surface area contributed by atoms with Crippen LogP contribution in [-0.4, -0.2) is 23.7 Å². The predicted octanol–water partition coefficient (Wildman–Crippen LogP) is 3.78. The van der Waals surface area contributed by atoms with Gasteiger partial charge in [-0.25, -0.2) is 4.79 Å². The van der Waals surface area contributed by atoms with Crippen molar-refractivity contribution < 1.29 is 14.6 Å². The first-order chi connectivity index (χ1) is 9.47. The van der Waals surface area contributed by atoms with Gasteiger partial charge in [0.25, 0.3) is 0 Å². The fourth-order valence-electron chi connectivity index (χ4n) is 2.27. The molecule has 0 heterocycles. The summed E-state index contributed by atoms with van der Waals surface area (Å²) >= 11 is 0. The normalized spacial score (nSPS) is 15.2. The molecule has 4 heteroatoms. The molecule has 0 aromatic heterocycles. The van der Waals surface area contributed by atoms with Crippen LogP contribution in [0.2, 0.25) is 0 Å². The third kappa shape index (κ3) is 3.89. The predicted molar refractivity (Wildman–Crippen MR) is 81.3 cm³/mol. The number of ether oxygens (including phenoxy) is 1. The van der Waals surface area contributed by atoms with E-state index in [1.54, 1.807) is 7.11 Å². The SMILES string of the molecule is CCC(C)CC(CC)(Nc1ccc(OC)cc1)C(=O)O. The Hall–Kier alpha value is -1.71. The molecule has 1 aromatic carbocycles. The van der Waals surface area contributed by atoms with Crippen LogP contribution in [-0.2, 0) is 4.79 Å². The number of nitrogens with one attached hydrogen (secondary N) is 1. The van der Waals surface area contributed by atoms with Crippen LogP contribution >= 0.6 is 0 Å². The minimum Gasteiger partial charge on any atom is -0.497 e. The monoisotopic (exact) mass is 279 g/mol. The second-order valence-electron chi connectivity index (χ2n) is 5.31. The van der Waals surface area contributed by atoms with Crippen molar-refractivity contribution in [1.82, 2.24) is 0 Å². The fourth-order valence-corrected chi connectivity index (χ4v) is 2.27. The number of hydrogen-bond acceptors (Lipinski definition) is 3. The molecule has 0 radical (unpaired) electrons. The second kappa shape index (κ2) is 7.17. The van der Waals surface area contributed by atoms with Gasteiger partial charge in [0.05, 0.1) is 7.11 Å². The van der Waals surface area contributed by atoms with E-state index in [2.05, 4.69) is 19.2 Å². The van der Waals surface area contributed by atoms with Crippen LogP contribution in [0.3, 0.4) is 0 Å². The van der Waals surface area contributed by atoms with Crippen LogP contribution in [0, 0.1) is 5.92 Å². The number of rotatable bonds is 8. The maximum atomic E-state index is 11.7. The number of carboxylic acids is 1. The van der Waals surface area contributed by atoms with E-state index < -0.39 is 11.5 Å². The van der Waals surface area contributed by atoms with Gasteiger partial charge in [-0.1, -0.05) is 27.2 Å². The van der Waals surface area contributed by atoms with Crippen molar-refractivity contribution >= 4 is 11.7 Å². The van der Waals surface area contributed by atoms with Crippen LogP contribution in [0.25, 0.3) is 0 Å². The van der Waals surface area contributed by atoms with Gasteiger partial charge >= 0.3 is 5.97 Å². The van der Waals surface area contributed by atoms with Crippen molar-refractivity contribution in [2.24, 2.45) is 5.92 Å². The molecule has 112 valence electrons. The van der Waals surface area contributed by atoms with Gasteiger partial charge < -0.3 is 15.2 Å². The van der Waals surface area contributed by atoms with Crippen molar-refractivity contribution in [1.29, 1.82) is 0 Å². The van der Waals surface area contributed by atoms with Crippen molar-refractivity contribution in [2.75, 3.05) is 12.4 Å². The first-order valence-corrected chi connectivity index (χ1v) is 7.13. The van der Waals surface area contributed by atoms with Gasteiger partial charge in [-0.3, -0.25) is 0 Å². The molecule has 0 aliphatic carbocycles. The molecule has 0 saturated carbocycles. The molecule has 0 bridgehead atoms. The summed E-state index contributed by atoms with van der Waals surface area (Å²) in [4.78, 5) is 11.7. The Kier molecular flexibility index (Phi) is 5.86. The third-order valence-electron chi connectivity index (χ3n) is 3.88. The Morgan fingerprint density at radius 2 is 1.95 bits per heavy atom. The van der Waals surface area contributed by atoms with Crippen LogP contribution in [0.15, 0.2) is 24.3 Å². The fraction of sp³-hybridized carbons (Fsp3) is 0.562. The Morgan fingerprint density at radius 1 is 1.35 bits per heavy atom. The molecule has 0 fully saturated rings. The van der Waals surface area contributed by atoms with E-state index in [4.69, 9.17) is 4.74 Å². The summed E-state index contributed by atoms with van der Waals surface area (Å²) in [6.45, 7) is 6.08. The molecular formula is C16H25NO3. The van der Waals surface area contributed by atoms with E-state index in [1.807, 2.05) is 31.2 Å². The van der Waals surface area contributed by atoms with Gasteiger partial charge in [0.1, 0.15) is 11.3 Å². The molecule has 1 aromatic rings. The molecule has 2 unspecified atom stereocenters. The molecule has 4 nitrogen and oxygen atoms in total. The molecule has 2 N–H and O–H groups in total. The van der Waals surface area contributed by atoms with E-state index in [0.29, 0.717) is 18.8 Å². The summed E-state index contributed by atoms with van der Waals surface area (Å²) in [6, 6.07) is 7.35. The average Bonchev–Trinajstić information content (AvgIpc) is 2.46. The molecule has 0 amide bonds. The molecular weight excluding hydrogens is 254 g/mol. The minimum absolute atomic E-state index is 0.358. The maximum Gasteiger partial charge on any atom is 0.329 e. The van der Waals surface area contributed by atoms with Crippen molar-refractivity contribution in [3.05, 3.63) is 24.3 Å². The lowest BCUT2D eigenvalue weighted by atomic mass is 9.84. The third-order valence-corrected chi connectivity index (χ3v) is 3.88. The maximum absolute atomic E-state index is 11.7. The summed E-state index contributed by atoms with van der Waals surface area (Å²) in [5.74, 6) is 0.322. The Bertz CT molecular complexity index is 430. The van der Waals surface area contributed by atoms with E-state index in [-0.39, 0.29) is 0 Å². The second-order valence-corrected chi connectivity index (χ2v) is 5.31. The van der Waals surface area contributed by atoms with Crippen LogP contribution in [0.4, 0.5) is 5.69 Å². The topological polar surface area (TPSA) is 58.6 Å². The van der Waals surface area contributed by atoms with Crippen molar-refractivity contribution in [2.45, 2.75) is 45.6 Å². The van der Waals surface area contributed by atoms with Gasteiger partial charge in [-0.05, 0) is 43.0 Å². The molecule has 2 atom stereocenters. The summed E-state index contributed by atoms with van der Waals surface area (Å²) in [6.07, 6.45) is 2.12. The highest BCUT2D eigenvalue weighted by molar-refractivity contribution is 5.82. The molecule has 1 rings (SSSR count). The average molecular weight is 279 g/mol. The number of hydrogen-bond donors (Lipinski definition) is 2. The van der Waals surface area contributed by atoms with Crippen LogP contribution < -0.4 is 10.1 Å². The van der Waals surface area contributed by atoms with Crippen LogP contribution in [0.5, 0.6) is 5.75 Å². The highest BCUT2D eigenvalue weighted by Gasteiger charge is 2.37. The van der Waals surface area contributed by atoms with E-state index in [0.717, 1.165) is 17.9 Å². The highest BCUT2D eigenvalue weighted by Crippen LogP contribution is 2.28. The Labute approximate surface area is 121 Å². The number of benzene rings is 1. The summed E-state index contributed by atoms with van der Waals surface area (Å²) in [7, 11) is 1.61. The van der Waals surface area contributed by atoms with Gasteiger partial charge in [-0.15, -0.1) is 0 Å². The summed E-state index contributed by atoms with van der Waals surface area (Å²) in [5.41, 5.74) is -0.109. The van der Waals surface area contributed by atoms with Gasteiger partial charge in [-0.2, -0.15) is 0 Å². The molecule has 0 saturated heterocycles. The zero-order valence-electron chi connectivity index (χ0n) is 12.8. The Balaban J connectivity index is 2.95. The molecule has 0 spiro atoms. The number of carbonyl (C=O) groups is 1. The lowest BCUT2D eigenvalue weighted by molar-refractivity contribution is -0.143. The standard InChI is InChI=1S/C16H25NO3/c1-5-12(3)11-16(6-2,15(18)19)17-13-7-9-14(20-4)10-8-13/h7-10,12,17H,5-6,11H2,1-4H3,(H,18,19). The number of methoxy groups -OCH3 is 1. The highest BCUT2D eigenvalue weighted by atomic mass is 16.5. The number of anilines is 1. The summed E-state index contributed by atoms with van der Waals surface area (Å²) in [5, 5.41) is 12.8. The first kappa shape index (κ1) is 16.3. The zero-order chi connectivity index (χ0) is 15.2. The molecule has 0 aliphatic rings. The quantitative estimate of drug-likeness (QED) is 0.760. The lowest BCUT2D eigenvalue weighted by Gasteiger charge is -2.33. The van der Waals surface area contributed by atoms with E-state index >= 15 is 0 Å². The Morgan fingerprint density at radius 3 is 2.35 bits per heavy atom. The zero-order valence-corrected chi connectivity index (χ0v) is 12.8. The lowest BCUT2D eigenvalue weighted by Crippen LogP contribution is -2.47. The summed E-state index contributed by atoms with van der Waals surface area (Å²) < 4.78 is 5.11. The van der Waals surface area contributed by atoms with E-state index in [1.165, 1.54) is 0 Å². The van der Waals surface area contributed by atoms with Gasteiger partial charge in [0, 0.05) is 5.69 Å². The van der Waals surface area contributed by atoms with Crippen LogP contribution in [0.1, 0.15) is 40.0 Å². The minimum atomic E-state index is -0.913. The van der Waals surface area contributed by atoms with Gasteiger partial charge in [0.2, 0.25) is 0 Å². The smallest absolute Gasteiger partial charge is 0.329 e. The first-order valence-electron chi connectivity index (χ1n) is 7.13. The largest absolute Gasteiger partial charge is 0.497 e. The number of carboxylic acid groups (broad SMARTS) is 1. The molecule has 20 heavy (non-hydrogen) atoms.